The summed E-state index contributed by atoms with van der Waals surface area (Å²) in [6, 6.07) is 3.41. The van der Waals surface area contributed by atoms with Gasteiger partial charge in [-0.2, -0.15) is 0 Å². The lowest BCUT2D eigenvalue weighted by molar-refractivity contribution is 0.0992. The van der Waals surface area contributed by atoms with E-state index in [1.807, 2.05) is 0 Å². The Morgan fingerprint density at radius 3 is 2.52 bits per heavy atom. The minimum atomic E-state index is -0.299. The van der Waals surface area contributed by atoms with Crippen LogP contribution in [0.15, 0.2) is 42.9 Å². The third kappa shape index (κ3) is 4.42. The Morgan fingerprint density at radius 2 is 1.86 bits per heavy atom. The molecule has 8 heteroatoms. The molecule has 0 bridgehead atoms. The summed E-state index contributed by atoms with van der Waals surface area (Å²) in [4.78, 5) is 23.7. The van der Waals surface area contributed by atoms with E-state index in [9.17, 15) is 9.90 Å². The van der Waals surface area contributed by atoms with E-state index in [0.29, 0.717) is 14.5 Å². The first-order valence-corrected chi connectivity index (χ1v) is 8.04. The molecule has 0 saturated carbocycles. The van der Waals surface area contributed by atoms with Crippen molar-refractivity contribution in [1.29, 1.82) is 0 Å². The van der Waals surface area contributed by atoms with E-state index in [1.165, 1.54) is 18.6 Å². The SMILES string of the molecule is O=C(CN=Cc1cc(Br)cc(Br)c1O)c1ncc(Br)cn1. The number of phenolic OH excluding ortho intramolecular Hbond substituents is 1. The number of Topliss-reactive ketones (excluding diaryl/α,β-unsaturated/α-hetero) is 1. The first-order chi connectivity index (χ1) is 9.97. The Hall–Kier alpha value is -1.12. The van der Waals surface area contributed by atoms with Gasteiger partial charge in [0.15, 0.2) is 5.82 Å². The van der Waals surface area contributed by atoms with Gasteiger partial charge in [-0.3, -0.25) is 9.79 Å². The number of rotatable bonds is 4. The largest absolute Gasteiger partial charge is 0.506 e. The number of carbonyl (C=O) groups is 1. The Balaban J connectivity index is 2.09. The molecule has 0 saturated heterocycles. The number of aromatic nitrogens is 2. The predicted octanol–water partition coefficient (Wildman–Crippen LogP) is 3.77. The second kappa shape index (κ2) is 7.24. The van der Waals surface area contributed by atoms with Crippen LogP contribution in [0.3, 0.4) is 0 Å². The number of hydrogen-bond acceptors (Lipinski definition) is 5. The number of carbonyl (C=O) groups excluding carboxylic acids is 1. The van der Waals surface area contributed by atoms with Gasteiger partial charge in [-0.05, 0) is 44.0 Å². The summed E-state index contributed by atoms with van der Waals surface area (Å²) in [5, 5.41) is 9.86. The fourth-order valence-corrected chi connectivity index (χ4v) is 2.90. The quantitative estimate of drug-likeness (QED) is 0.537. The molecule has 1 N–H and O–H groups in total. The van der Waals surface area contributed by atoms with Gasteiger partial charge in [0.1, 0.15) is 12.3 Å². The molecule has 1 heterocycles. The van der Waals surface area contributed by atoms with E-state index in [-0.39, 0.29) is 23.9 Å². The summed E-state index contributed by atoms with van der Waals surface area (Å²) in [5.74, 6) is -0.128. The van der Waals surface area contributed by atoms with Crippen molar-refractivity contribution in [3.05, 3.63) is 49.3 Å². The molecule has 0 aliphatic heterocycles. The van der Waals surface area contributed by atoms with Crippen LogP contribution in [0.1, 0.15) is 16.2 Å². The highest BCUT2D eigenvalue weighted by Crippen LogP contribution is 2.30. The second-order valence-corrected chi connectivity index (χ2v) is 6.63. The molecule has 0 fully saturated rings. The maximum atomic E-state index is 11.8. The van der Waals surface area contributed by atoms with Crippen molar-refractivity contribution in [3.63, 3.8) is 0 Å². The van der Waals surface area contributed by atoms with Gasteiger partial charge in [0.05, 0.1) is 8.95 Å². The lowest BCUT2D eigenvalue weighted by Gasteiger charge is -2.02. The summed E-state index contributed by atoms with van der Waals surface area (Å²) in [7, 11) is 0. The van der Waals surface area contributed by atoms with Crippen molar-refractivity contribution in [2.75, 3.05) is 6.54 Å². The lowest BCUT2D eigenvalue weighted by atomic mass is 10.2. The Bertz CT molecular complexity index is 703. The molecule has 21 heavy (non-hydrogen) atoms. The van der Waals surface area contributed by atoms with Crippen LogP contribution in [-0.2, 0) is 0 Å². The van der Waals surface area contributed by atoms with E-state index in [4.69, 9.17) is 0 Å². The molecule has 2 rings (SSSR count). The van der Waals surface area contributed by atoms with Crippen LogP contribution in [0.5, 0.6) is 5.75 Å². The molecule has 0 aliphatic carbocycles. The maximum absolute atomic E-state index is 11.8. The van der Waals surface area contributed by atoms with Gasteiger partial charge in [0, 0.05) is 28.6 Å². The molecule has 2 aromatic rings. The molecule has 0 aliphatic rings. The standard InChI is InChI=1S/C13H8Br3N3O2/c14-8-1-7(12(21)10(16)2-8)3-17-6-11(20)13-18-4-9(15)5-19-13/h1-5,21H,6H2. The maximum Gasteiger partial charge on any atom is 0.221 e. The Morgan fingerprint density at radius 1 is 1.19 bits per heavy atom. The van der Waals surface area contributed by atoms with E-state index in [1.54, 1.807) is 12.1 Å². The van der Waals surface area contributed by atoms with Gasteiger partial charge in [-0.25, -0.2) is 9.97 Å². The number of phenols is 1. The highest BCUT2D eigenvalue weighted by Gasteiger charge is 2.09. The van der Waals surface area contributed by atoms with E-state index in [2.05, 4.69) is 62.8 Å². The number of halogens is 3. The summed E-state index contributed by atoms with van der Waals surface area (Å²) in [5.41, 5.74) is 0.501. The number of nitrogens with zero attached hydrogens (tertiary/aromatic N) is 3. The third-order valence-electron chi connectivity index (χ3n) is 2.39. The van der Waals surface area contributed by atoms with Crippen LogP contribution in [0.25, 0.3) is 0 Å². The van der Waals surface area contributed by atoms with Crippen LogP contribution in [0.2, 0.25) is 0 Å². The van der Waals surface area contributed by atoms with Crippen molar-refractivity contribution in [1.82, 2.24) is 9.97 Å². The summed E-state index contributed by atoms with van der Waals surface area (Å²) >= 11 is 9.74. The zero-order valence-electron chi connectivity index (χ0n) is 10.4. The van der Waals surface area contributed by atoms with Crippen LogP contribution >= 0.6 is 47.8 Å². The summed E-state index contributed by atoms with van der Waals surface area (Å²) in [6.45, 7) is -0.0921. The number of hydrogen-bond donors (Lipinski definition) is 1. The van der Waals surface area contributed by atoms with E-state index >= 15 is 0 Å². The fourth-order valence-electron chi connectivity index (χ4n) is 1.44. The van der Waals surface area contributed by atoms with Crippen molar-refractivity contribution < 1.29 is 9.90 Å². The number of aromatic hydroxyl groups is 1. The van der Waals surface area contributed by atoms with Gasteiger partial charge < -0.3 is 5.11 Å². The molecular weight excluding hydrogens is 470 g/mol. The fraction of sp³-hybridized carbons (Fsp3) is 0.0769. The second-order valence-electron chi connectivity index (χ2n) is 3.94. The average Bonchev–Trinajstić information content (AvgIpc) is 2.44. The zero-order valence-corrected chi connectivity index (χ0v) is 15.2. The van der Waals surface area contributed by atoms with Gasteiger partial charge in [-0.1, -0.05) is 15.9 Å². The van der Waals surface area contributed by atoms with Crippen LogP contribution < -0.4 is 0 Å². The molecule has 108 valence electrons. The highest BCUT2D eigenvalue weighted by molar-refractivity contribution is 9.11. The van der Waals surface area contributed by atoms with Gasteiger partial charge >= 0.3 is 0 Å². The van der Waals surface area contributed by atoms with Crippen molar-refractivity contribution in [2.45, 2.75) is 0 Å². The van der Waals surface area contributed by atoms with Gasteiger partial charge in [0.2, 0.25) is 5.78 Å². The predicted molar refractivity (Wildman–Crippen MR) is 90.0 cm³/mol. The molecule has 1 aromatic heterocycles. The van der Waals surface area contributed by atoms with E-state index in [0.717, 1.165) is 4.47 Å². The first kappa shape index (κ1) is 16.3. The lowest BCUT2D eigenvalue weighted by Crippen LogP contribution is -2.08. The van der Waals surface area contributed by atoms with Crippen molar-refractivity contribution in [3.8, 4) is 5.75 Å². The van der Waals surface area contributed by atoms with E-state index < -0.39 is 0 Å². The highest BCUT2D eigenvalue weighted by atomic mass is 79.9. The van der Waals surface area contributed by atoms with Gasteiger partial charge in [-0.15, -0.1) is 0 Å². The number of ketones is 1. The minimum absolute atomic E-state index is 0.0642. The Kier molecular flexibility index (Phi) is 5.60. The molecule has 5 nitrogen and oxygen atoms in total. The van der Waals surface area contributed by atoms with Crippen LogP contribution in [0.4, 0.5) is 0 Å². The number of aliphatic imine (C=N–C) groups is 1. The molecule has 0 spiro atoms. The smallest absolute Gasteiger partial charge is 0.221 e. The molecule has 0 unspecified atom stereocenters. The van der Waals surface area contributed by atoms with Crippen LogP contribution in [-0.4, -0.2) is 33.6 Å². The molecule has 0 atom stereocenters. The van der Waals surface area contributed by atoms with Crippen molar-refractivity contribution >= 4 is 59.8 Å². The summed E-state index contributed by atoms with van der Waals surface area (Å²) in [6.07, 6.45) is 4.43. The minimum Gasteiger partial charge on any atom is -0.506 e. The van der Waals surface area contributed by atoms with Crippen LogP contribution in [0, 0.1) is 0 Å². The summed E-state index contributed by atoms with van der Waals surface area (Å²) < 4.78 is 2.03. The topological polar surface area (TPSA) is 75.4 Å². The van der Waals surface area contributed by atoms with Gasteiger partial charge in [0.25, 0.3) is 0 Å². The first-order valence-electron chi connectivity index (χ1n) is 5.66. The molecule has 1 aromatic carbocycles. The monoisotopic (exact) mass is 475 g/mol. The zero-order chi connectivity index (χ0) is 15.4. The molecule has 0 amide bonds. The molecular formula is C13H8Br3N3O2. The van der Waals surface area contributed by atoms with Crippen molar-refractivity contribution in [2.24, 2.45) is 4.99 Å². The third-order valence-corrected chi connectivity index (χ3v) is 3.86. The number of benzene rings is 1. The average molecular weight is 478 g/mol. The Labute approximate surface area is 145 Å². The normalized spacial score (nSPS) is 11.0. The molecule has 0 radical (unpaired) electrons.